The average Bonchev–Trinajstić information content (AvgIpc) is 3.32. The Hall–Kier alpha value is -2.90. The number of hydrogen-bond acceptors (Lipinski definition) is 9. The first kappa shape index (κ1) is 22.8. The molecule has 13 heteroatoms. The molecule has 2 amide bonds. The van der Waals surface area contributed by atoms with Crippen LogP contribution in [0.15, 0.2) is 34.8 Å². The lowest BCUT2D eigenvalue weighted by molar-refractivity contribution is -0.115. The van der Waals surface area contributed by atoms with Crippen LogP contribution in [-0.2, 0) is 30.7 Å². The van der Waals surface area contributed by atoms with Crippen LogP contribution >= 0.6 is 22.7 Å². The third-order valence-corrected chi connectivity index (χ3v) is 7.13. The van der Waals surface area contributed by atoms with Crippen LogP contribution in [0.4, 0.5) is 5.13 Å². The third kappa shape index (κ3) is 5.62. The molecule has 0 aliphatic rings. The summed E-state index contributed by atoms with van der Waals surface area (Å²) in [5.41, 5.74) is 1.10. The highest BCUT2D eigenvalue weighted by Crippen LogP contribution is 2.20. The van der Waals surface area contributed by atoms with Gasteiger partial charge in [-0.2, -0.15) is 4.99 Å². The second kappa shape index (κ2) is 9.49. The molecule has 0 fully saturated rings. The van der Waals surface area contributed by atoms with Crippen LogP contribution in [0.1, 0.15) is 17.3 Å². The van der Waals surface area contributed by atoms with Gasteiger partial charge in [0.2, 0.25) is 5.91 Å². The van der Waals surface area contributed by atoms with Crippen molar-refractivity contribution >= 4 is 65.6 Å². The van der Waals surface area contributed by atoms with E-state index in [2.05, 4.69) is 15.3 Å². The van der Waals surface area contributed by atoms with E-state index < -0.39 is 39.1 Å². The van der Waals surface area contributed by atoms with Gasteiger partial charge in [0.15, 0.2) is 19.8 Å². The number of hydrogen-bond donors (Lipinski definition) is 1. The van der Waals surface area contributed by atoms with E-state index >= 15 is 0 Å². The summed E-state index contributed by atoms with van der Waals surface area (Å²) in [4.78, 5) is 44.0. The minimum Gasteiger partial charge on any atom is -0.465 e. The fourth-order valence-electron chi connectivity index (χ4n) is 2.73. The number of thiazole rings is 2. The summed E-state index contributed by atoms with van der Waals surface area (Å²) < 4.78 is 31.6. The largest absolute Gasteiger partial charge is 0.465 e. The van der Waals surface area contributed by atoms with Crippen LogP contribution in [0.2, 0.25) is 0 Å². The number of nitrogens with zero attached hydrogens (tertiary/aromatic N) is 3. The molecule has 1 aromatic carbocycles. The lowest BCUT2D eigenvalue weighted by Gasteiger charge is -2.03. The molecule has 0 saturated carbocycles. The first-order valence-electron chi connectivity index (χ1n) is 8.91. The quantitative estimate of drug-likeness (QED) is 0.503. The van der Waals surface area contributed by atoms with Gasteiger partial charge in [-0.3, -0.25) is 9.59 Å². The molecular formula is C18H18N4O6S3. The van der Waals surface area contributed by atoms with Crippen molar-refractivity contribution in [3.63, 3.8) is 0 Å². The van der Waals surface area contributed by atoms with E-state index in [1.165, 1.54) is 13.3 Å². The number of carbonyl (C=O) groups excluding carboxylic acids is 3. The van der Waals surface area contributed by atoms with Crippen LogP contribution in [-0.4, -0.2) is 54.4 Å². The van der Waals surface area contributed by atoms with E-state index in [4.69, 9.17) is 4.74 Å². The normalized spacial score (nSPS) is 12.1. The predicted molar refractivity (Wildman–Crippen MR) is 117 cm³/mol. The summed E-state index contributed by atoms with van der Waals surface area (Å²) in [7, 11) is -2.74. The van der Waals surface area contributed by atoms with Gasteiger partial charge in [0.05, 0.1) is 22.9 Å². The van der Waals surface area contributed by atoms with Gasteiger partial charge in [-0.1, -0.05) is 11.3 Å². The lowest BCUT2D eigenvalue weighted by atomic mass is 10.2. The Morgan fingerprint density at radius 1 is 1.26 bits per heavy atom. The Labute approximate surface area is 185 Å². The number of aryl methyl sites for hydroxylation is 1. The molecule has 2 aromatic heterocycles. The zero-order valence-electron chi connectivity index (χ0n) is 16.5. The van der Waals surface area contributed by atoms with E-state index in [1.807, 2.05) is 6.92 Å². The van der Waals surface area contributed by atoms with Crippen molar-refractivity contribution in [3.8, 4) is 0 Å². The second-order valence-corrected chi connectivity index (χ2v) is 10.2. The molecule has 0 saturated heterocycles. The van der Waals surface area contributed by atoms with Crippen LogP contribution in [0.3, 0.4) is 0 Å². The first-order valence-corrected chi connectivity index (χ1v) is 12.4. The van der Waals surface area contributed by atoms with Crippen molar-refractivity contribution in [2.24, 2.45) is 4.99 Å². The average molecular weight is 483 g/mol. The van der Waals surface area contributed by atoms with Gasteiger partial charge in [-0.05, 0) is 25.1 Å². The van der Waals surface area contributed by atoms with E-state index in [1.54, 1.807) is 28.1 Å². The SMILES string of the molecule is CCn1c(=NC(=O)CS(=O)(=O)CC(=O)Nc2nccs2)sc2cc(C(=O)OC)ccc21. The number of anilines is 1. The lowest BCUT2D eigenvalue weighted by Crippen LogP contribution is -2.28. The number of rotatable bonds is 7. The molecule has 164 valence electrons. The maximum absolute atomic E-state index is 12.3. The van der Waals surface area contributed by atoms with Crippen molar-refractivity contribution in [2.45, 2.75) is 13.5 Å². The summed E-state index contributed by atoms with van der Waals surface area (Å²) in [6.45, 7) is 2.33. The van der Waals surface area contributed by atoms with Gasteiger partial charge >= 0.3 is 5.97 Å². The molecular weight excluding hydrogens is 464 g/mol. The molecule has 0 atom stereocenters. The Balaban J connectivity index is 1.80. The molecule has 3 rings (SSSR count). The minimum absolute atomic E-state index is 0.275. The predicted octanol–water partition coefficient (Wildman–Crippen LogP) is 1.45. The molecule has 0 radical (unpaired) electrons. The summed E-state index contributed by atoms with van der Waals surface area (Å²) in [6.07, 6.45) is 1.47. The fourth-order valence-corrected chi connectivity index (χ4v) is 5.44. The van der Waals surface area contributed by atoms with E-state index in [0.29, 0.717) is 21.6 Å². The molecule has 3 aromatic rings. The van der Waals surface area contributed by atoms with Gasteiger partial charge < -0.3 is 14.6 Å². The fraction of sp³-hybridized carbons (Fsp3) is 0.278. The maximum atomic E-state index is 12.3. The van der Waals surface area contributed by atoms with Gasteiger partial charge in [0.25, 0.3) is 5.91 Å². The number of carbonyl (C=O) groups is 3. The number of fused-ring (bicyclic) bond motifs is 1. The summed E-state index contributed by atoms with van der Waals surface area (Å²) in [5, 5.41) is 4.27. The van der Waals surface area contributed by atoms with Gasteiger partial charge in [-0.25, -0.2) is 18.2 Å². The van der Waals surface area contributed by atoms with Crippen LogP contribution < -0.4 is 10.1 Å². The second-order valence-electron chi connectivity index (χ2n) is 6.23. The Morgan fingerprint density at radius 3 is 2.68 bits per heavy atom. The molecule has 0 spiro atoms. The van der Waals surface area contributed by atoms with Crippen molar-refractivity contribution in [1.82, 2.24) is 9.55 Å². The van der Waals surface area contributed by atoms with E-state index in [-0.39, 0.29) is 5.13 Å². The highest BCUT2D eigenvalue weighted by molar-refractivity contribution is 7.92. The molecule has 0 bridgehead atoms. The first-order chi connectivity index (χ1) is 14.7. The number of amides is 2. The zero-order chi connectivity index (χ0) is 22.6. The molecule has 0 unspecified atom stereocenters. The highest BCUT2D eigenvalue weighted by Gasteiger charge is 2.21. The monoisotopic (exact) mass is 482 g/mol. The summed E-state index contributed by atoms with van der Waals surface area (Å²) >= 11 is 2.30. The van der Waals surface area contributed by atoms with Crippen LogP contribution in [0.25, 0.3) is 10.2 Å². The number of esters is 1. The van der Waals surface area contributed by atoms with E-state index in [9.17, 15) is 22.8 Å². The topological polar surface area (TPSA) is 137 Å². The Bertz CT molecular complexity index is 1310. The third-order valence-electron chi connectivity index (χ3n) is 4.01. The van der Waals surface area contributed by atoms with Crippen molar-refractivity contribution in [2.75, 3.05) is 23.9 Å². The number of aromatic nitrogens is 2. The van der Waals surface area contributed by atoms with Crippen LogP contribution in [0.5, 0.6) is 0 Å². The zero-order valence-corrected chi connectivity index (χ0v) is 19.0. The number of benzene rings is 1. The smallest absolute Gasteiger partial charge is 0.337 e. The molecule has 1 N–H and O–H groups in total. The minimum atomic E-state index is -4.02. The summed E-state index contributed by atoms with van der Waals surface area (Å²) in [5.74, 6) is -3.90. The maximum Gasteiger partial charge on any atom is 0.337 e. The standard InChI is InChI=1S/C18H18N4O6S3/c1-3-22-12-5-4-11(16(25)28-2)8-13(12)30-18(22)21-15(24)10-31(26,27)9-14(23)20-17-19-6-7-29-17/h4-8H,3,9-10H2,1-2H3,(H,19,20,23). The molecule has 31 heavy (non-hydrogen) atoms. The van der Waals surface area contributed by atoms with Crippen molar-refractivity contribution in [1.29, 1.82) is 0 Å². The number of nitrogens with one attached hydrogen (secondary N) is 1. The van der Waals surface area contributed by atoms with Crippen LogP contribution in [0, 0.1) is 0 Å². The summed E-state index contributed by atoms with van der Waals surface area (Å²) in [6, 6.07) is 4.94. The van der Waals surface area contributed by atoms with E-state index in [0.717, 1.165) is 28.2 Å². The van der Waals surface area contributed by atoms with Crippen molar-refractivity contribution in [3.05, 3.63) is 40.1 Å². The molecule has 0 aliphatic carbocycles. The van der Waals surface area contributed by atoms with Gasteiger partial charge in [0.1, 0.15) is 11.5 Å². The Morgan fingerprint density at radius 2 is 2.03 bits per heavy atom. The molecule has 10 nitrogen and oxygen atoms in total. The molecule has 2 heterocycles. The van der Waals surface area contributed by atoms with Gasteiger partial charge in [-0.15, -0.1) is 11.3 Å². The Kier molecular flexibility index (Phi) is 6.97. The van der Waals surface area contributed by atoms with Gasteiger partial charge in [0, 0.05) is 18.1 Å². The molecule has 0 aliphatic heterocycles. The highest BCUT2D eigenvalue weighted by atomic mass is 32.2. The number of ether oxygens (including phenoxy) is 1. The number of methoxy groups -OCH3 is 1. The number of sulfone groups is 1. The van der Waals surface area contributed by atoms with Crippen molar-refractivity contribution < 1.29 is 27.5 Å².